The summed E-state index contributed by atoms with van der Waals surface area (Å²) in [5.41, 5.74) is 10.7. The Morgan fingerprint density at radius 1 is 0.862 bits per heavy atom. The van der Waals surface area contributed by atoms with Crippen molar-refractivity contribution in [2.75, 3.05) is 11.1 Å². The molecule has 6 heteroatoms. The first-order valence-electron chi connectivity index (χ1n) is 9.11. The number of rotatable bonds is 3. The van der Waals surface area contributed by atoms with Crippen LogP contribution in [0.4, 0.5) is 17.5 Å². The van der Waals surface area contributed by atoms with Crippen molar-refractivity contribution in [3.05, 3.63) is 83.5 Å². The quantitative estimate of drug-likeness (QED) is 0.362. The van der Waals surface area contributed by atoms with Crippen molar-refractivity contribution >= 4 is 55.2 Å². The third kappa shape index (κ3) is 3.39. The summed E-state index contributed by atoms with van der Waals surface area (Å²) in [5.74, 6) is 0.898. The van der Waals surface area contributed by atoms with Crippen molar-refractivity contribution in [3.8, 4) is 11.1 Å². The summed E-state index contributed by atoms with van der Waals surface area (Å²) >= 11 is 3.50. The van der Waals surface area contributed by atoms with Gasteiger partial charge in [-0.05, 0) is 42.0 Å². The second-order valence-electron chi connectivity index (χ2n) is 6.68. The van der Waals surface area contributed by atoms with Crippen molar-refractivity contribution in [2.45, 2.75) is 0 Å². The predicted octanol–water partition coefficient (Wildman–Crippen LogP) is 5.93. The molecule has 0 spiro atoms. The van der Waals surface area contributed by atoms with Crippen LogP contribution in [-0.2, 0) is 0 Å². The van der Waals surface area contributed by atoms with Crippen LogP contribution in [0.25, 0.3) is 32.9 Å². The predicted molar refractivity (Wildman–Crippen MR) is 122 cm³/mol. The molecule has 5 aromatic rings. The number of benzene rings is 3. The van der Waals surface area contributed by atoms with E-state index < -0.39 is 0 Å². The van der Waals surface area contributed by atoms with E-state index in [4.69, 9.17) is 5.73 Å². The fraction of sp³-hybridized carbons (Fsp3) is 0. The van der Waals surface area contributed by atoms with Crippen LogP contribution in [0.15, 0.2) is 83.5 Å². The Hall–Kier alpha value is -3.51. The van der Waals surface area contributed by atoms with Crippen LogP contribution in [0, 0.1) is 0 Å². The van der Waals surface area contributed by atoms with Gasteiger partial charge in [-0.25, -0.2) is 4.98 Å². The molecular formula is C23H16BrN5. The summed E-state index contributed by atoms with van der Waals surface area (Å²) in [4.78, 5) is 13.4. The molecule has 0 fully saturated rings. The van der Waals surface area contributed by atoms with Gasteiger partial charge in [-0.15, -0.1) is 0 Å². The van der Waals surface area contributed by atoms with E-state index in [2.05, 4.69) is 60.5 Å². The number of hydrogen-bond acceptors (Lipinski definition) is 5. The molecule has 0 amide bonds. The molecule has 3 N–H and O–H groups in total. The van der Waals surface area contributed by atoms with Gasteiger partial charge in [0, 0.05) is 32.7 Å². The van der Waals surface area contributed by atoms with Gasteiger partial charge in [-0.1, -0.05) is 52.3 Å². The van der Waals surface area contributed by atoms with Crippen LogP contribution in [0.3, 0.4) is 0 Å². The molecular weight excluding hydrogens is 426 g/mol. The molecule has 140 valence electrons. The standard InChI is InChI=1S/C23H16BrN5/c24-16-6-2-7-17(13-16)27-22-19-12-15(9-10-20(19)28-23(25)29-22)18-8-1-4-14-5-3-11-26-21(14)18/h1-13H,(H3,25,27,28,29). The van der Waals surface area contributed by atoms with Gasteiger partial charge in [0.05, 0.1) is 11.0 Å². The van der Waals surface area contributed by atoms with Gasteiger partial charge in [0.2, 0.25) is 5.95 Å². The number of para-hydroxylation sites is 1. The average Bonchev–Trinajstić information content (AvgIpc) is 2.73. The molecule has 29 heavy (non-hydrogen) atoms. The molecule has 0 aliphatic heterocycles. The number of nitrogens with one attached hydrogen (secondary N) is 1. The Bertz CT molecular complexity index is 1360. The van der Waals surface area contributed by atoms with Crippen molar-refractivity contribution in [1.29, 1.82) is 0 Å². The van der Waals surface area contributed by atoms with Crippen LogP contribution in [0.2, 0.25) is 0 Å². The Labute approximate surface area is 175 Å². The number of nitrogens with zero attached hydrogens (tertiary/aromatic N) is 3. The highest BCUT2D eigenvalue weighted by Gasteiger charge is 2.11. The maximum Gasteiger partial charge on any atom is 0.222 e. The molecule has 3 aromatic carbocycles. The number of hydrogen-bond donors (Lipinski definition) is 2. The molecule has 2 heterocycles. The molecule has 0 saturated heterocycles. The van der Waals surface area contributed by atoms with Gasteiger partial charge >= 0.3 is 0 Å². The second-order valence-corrected chi connectivity index (χ2v) is 7.59. The van der Waals surface area contributed by atoms with Crippen LogP contribution in [0.1, 0.15) is 0 Å². The number of fused-ring (bicyclic) bond motifs is 2. The van der Waals surface area contributed by atoms with Gasteiger partial charge in [0.1, 0.15) is 5.82 Å². The SMILES string of the molecule is Nc1nc(Nc2cccc(Br)c2)c2cc(-c3cccc4cccnc34)ccc2n1. The molecule has 5 nitrogen and oxygen atoms in total. The normalized spacial score (nSPS) is 11.1. The van der Waals surface area contributed by atoms with E-state index in [0.717, 1.165) is 43.1 Å². The maximum absolute atomic E-state index is 5.95. The zero-order valence-electron chi connectivity index (χ0n) is 15.3. The number of aromatic nitrogens is 3. The third-order valence-electron chi connectivity index (χ3n) is 4.74. The van der Waals surface area contributed by atoms with Crippen molar-refractivity contribution in [2.24, 2.45) is 0 Å². The Morgan fingerprint density at radius 2 is 1.72 bits per heavy atom. The Morgan fingerprint density at radius 3 is 2.62 bits per heavy atom. The lowest BCUT2D eigenvalue weighted by Gasteiger charge is -2.12. The van der Waals surface area contributed by atoms with E-state index in [1.54, 1.807) is 0 Å². The number of pyridine rings is 1. The summed E-state index contributed by atoms with van der Waals surface area (Å²) in [7, 11) is 0. The monoisotopic (exact) mass is 441 g/mol. The van der Waals surface area contributed by atoms with Crippen molar-refractivity contribution in [3.63, 3.8) is 0 Å². The molecule has 0 aliphatic rings. The minimum absolute atomic E-state index is 0.231. The first kappa shape index (κ1) is 17.6. The summed E-state index contributed by atoms with van der Waals surface area (Å²) in [6, 6.07) is 24.2. The smallest absolute Gasteiger partial charge is 0.222 e. The Balaban J connectivity index is 1.69. The second kappa shape index (κ2) is 7.14. The molecule has 0 aliphatic carbocycles. The van der Waals surface area contributed by atoms with Gasteiger partial charge in [-0.2, -0.15) is 4.98 Å². The van der Waals surface area contributed by atoms with Crippen LogP contribution in [-0.4, -0.2) is 15.0 Å². The van der Waals surface area contributed by atoms with Crippen LogP contribution in [0.5, 0.6) is 0 Å². The maximum atomic E-state index is 5.95. The molecule has 0 unspecified atom stereocenters. The van der Waals surface area contributed by atoms with Gasteiger partial charge in [-0.3, -0.25) is 4.98 Å². The largest absolute Gasteiger partial charge is 0.368 e. The van der Waals surface area contributed by atoms with Crippen molar-refractivity contribution in [1.82, 2.24) is 15.0 Å². The minimum atomic E-state index is 0.231. The lowest BCUT2D eigenvalue weighted by molar-refractivity contribution is 1.23. The van der Waals surface area contributed by atoms with Crippen molar-refractivity contribution < 1.29 is 0 Å². The molecule has 0 radical (unpaired) electrons. The molecule has 5 rings (SSSR count). The lowest BCUT2D eigenvalue weighted by Crippen LogP contribution is -2.01. The van der Waals surface area contributed by atoms with Crippen LogP contribution >= 0.6 is 15.9 Å². The fourth-order valence-electron chi connectivity index (χ4n) is 3.45. The number of anilines is 3. The van der Waals surface area contributed by atoms with E-state index in [9.17, 15) is 0 Å². The third-order valence-corrected chi connectivity index (χ3v) is 5.24. The van der Waals surface area contributed by atoms with E-state index >= 15 is 0 Å². The number of halogens is 1. The summed E-state index contributed by atoms with van der Waals surface area (Å²) < 4.78 is 0.983. The van der Waals surface area contributed by atoms with Gasteiger partial charge in [0.15, 0.2) is 0 Å². The highest BCUT2D eigenvalue weighted by atomic mass is 79.9. The van der Waals surface area contributed by atoms with E-state index in [1.165, 1.54) is 0 Å². The highest BCUT2D eigenvalue weighted by Crippen LogP contribution is 2.32. The molecule has 0 saturated carbocycles. The fourth-order valence-corrected chi connectivity index (χ4v) is 3.85. The van der Waals surface area contributed by atoms with Crippen LogP contribution < -0.4 is 11.1 Å². The first-order valence-corrected chi connectivity index (χ1v) is 9.91. The molecule has 2 aromatic heterocycles. The minimum Gasteiger partial charge on any atom is -0.368 e. The average molecular weight is 442 g/mol. The summed E-state index contributed by atoms with van der Waals surface area (Å²) in [6.45, 7) is 0. The van der Waals surface area contributed by atoms with Gasteiger partial charge in [0.25, 0.3) is 0 Å². The summed E-state index contributed by atoms with van der Waals surface area (Å²) in [6.07, 6.45) is 1.82. The van der Waals surface area contributed by atoms with Gasteiger partial charge < -0.3 is 11.1 Å². The molecule has 0 bridgehead atoms. The molecule has 0 atom stereocenters. The Kier molecular flexibility index (Phi) is 4.33. The highest BCUT2D eigenvalue weighted by molar-refractivity contribution is 9.10. The summed E-state index contributed by atoms with van der Waals surface area (Å²) in [5, 5.41) is 5.36. The first-order chi connectivity index (χ1) is 14.2. The topological polar surface area (TPSA) is 76.7 Å². The number of nitrogens with two attached hydrogens (primary N) is 1. The number of nitrogen functional groups attached to an aromatic ring is 1. The van der Waals surface area contributed by atoms with E-state index in [-0.39, 0.29) is 5.95 Å². The lowest BCUT2D eigenvalue weighted by atomic mass is 10.0. The van der Waals surface area contributed by atoms with E-state index in [1.807, 2.05) is 54.7 Å². The zero-order valence-corrected chi connectivity index (χ0v) is 16.9. The van der Waals surface area contributed by atoms with E-state index in [0.29, 0.717) is 5.82 Å². The zero-order chi connectivity index (χ0) is 19.8.